The van der Waals surface area contributed by atoms with Crippen molar-refractivity contribution in [1.29, 1.82) is 5.26 Å². The van der Waals surface area contributed by atoms with E-state index in [0.717, 1.165) is 5.57 Å². The zero-order chi connectivity index (χ0) is 11.8. The molecule has 0 aliphatic heterocycles. The molecule has 0 rings (SSSR count). The average molecular weight is 191 g/mol. The number of nitrogens with zero attached hydrogens (tertiary/aromatic N) is 1. The molecule has 0 saturated heterocycles. The lowest BCUT2D eigenvalue weighted by atomic mass is 9.86. The van der Waals surface area contributed by atoms with Crippen LogP contribution in [0, 0.1) is 16.7 Å². The van der Waals surface area contributed by atoms with E-state index in [1.165, 1.54) is 5.57 Å². The smallest absolute Gasteiger partial charge is 0.0762 e. The van der Waals surface area contributed by atoms with Crippen molar-refractivity contribution < 1.29 is 0 Å². The second-order valence-corrected chi connectivity index (χ2v) is 3.89. The summed E-state index contributed by atoms with van der Waals surface area (Å²) in [5, 5.41) is 8.69. The number of hydrogen-bond donors (Lipinski definition) is 0. The molecule has 14 heavy (non-hydrogen) atoms. The lowest BCUT2D eigenvalue weighted by molar-refractivity contribution is 0.612. The van der Waals surface area contributed by atoms with Crippen LogP contribution in [0.4, 0.5) is 0 Å². The van der Waals surface area contributed by atoms with Gasteiger partial charge in [-0.25, -0.2) is 0 Å². The number of nitriles is 1. The quantitative estimate of drug-likeness (QED) is 0.473. The Kier molecular flexibility index (Phi) is 7.76. The van der Waals surface area contributed by atoms with Crippen molar-refractivity contribution in [2.45, 2.75) is 34.6 Å². The van der Waals surface area contributed by atoms with Crippen LogP contribution in [-0.2, 0) is 0 Å². The van der Waals surface area contributed by atoms with Gasteiger partial charge in [0.1, 0.15) is 0 Å². The molecule has 0 atom stereocenters. The molecule has 0 amide bonds. The summed E-state index contributed by atoms with van der Waals surface area (Å²) in [6.07, 6.45) is 3.64. The van der Waals surface area contributed by atoms with Crippen LogP contribution in [0.15, 0.2) is 36.5 Å². The first kappa shape index (κ1) is 15.2. The van der Waals surface area contributed by atoms with Gasteiger partial charge in [0, 0.05) is 0 Å². The number of hydrogen-bond acceptors (Lipinski definition) is 1. The Labute approximate surface area is 88.4 Å². The highest BCUT2D eigenvalue weighted by molar-refractivity contribution is 5.28. The van der Waals surface area contributed by atoms with Gasteiger partial charge in [0.2, 0.25) is 0 Å². The van der Waals surface area contributed by atoms with E-state index < -0.39 is 5.41 Å². The van der Waals surface area contributed by atoms with Crippen molar-refractivity contribution in [2.75, 3.05) is 0 Å². The van der Waals surface area contributed by atoms with Gasteiger partial charge in [-0.1, -0.05) is 24.3 Å². The lowest BCUT2D eigenvalue weighted by Crippen LogP contribution is -2.09. The van der Waals surface area contributed by atoms with Gasteiger partial charge in [-0.05, 0) is 40.2 Å². The van der Waals surface area contributed by atoms with Crippen molar-refractivity contribution in [2.24, 2.45) is 5.41 Å². The molecule has 0 bridgehead atoms. The van der Waals surface area contributed by atoms with E-state index in [4.69, 9.17) is 5.26 Å². The van der Waals surface area contributed by atoms with Gasteiger partial charge in [-0.15, -0.1) is 6.58 Å². The Morgan fingerprint density at radius 3 is 1.79 bits per heavy atom. The molecule has 1 heteroatoms. The van der Waals surface area contributed by atoms with Gasteiger partial charge in [0.05, 0.1) is 11.5 Å². The average Bonchev–Trinajstić information content (AvgIpc) is 2.05. The molecule has 0 heterocycles. The van der Waals surface area contributed by atoms with E-state index in [1.54, 1.807) is 6.08 Å². The molecule has 0 fully saturated rings. The van der Waals surface area contributed by atoms with Crippen molar-refractivity contribution >= 4 is 0 Å². The Morgan fingerprint density at radius 1 is 1.36 bits per heavy atom. The molecular weight excluding hydrogens is 170 g/mol. The largest absolute Gasteiger partial charge is 0.197 e. The summed E-state index contributed by atoms with van der Waals surface area (Å²) < 4.78 is 0. The van der Waals surface area contributed by atoms with E-state index in [2.05, 4.69) is 19.2 Å². The minimum absolute atomic E-state index is 0.392. The van der Waals surface area contributed by atoms with E-state index in [1.807, 2.05) is 40.7 Å². The Balaban J connectivity index is 0. The first-order valence-electron chi connectivity index (χ1n) is 4.64. The monoisotopic (exact) mass is 191 g/mol. The molecule has 0 aliphatic carbocycles. The second kappa shape index (κ2) is 7.15. The minimum Gasteiger partial charge on any atom is -0.197 e. The summed E-state index contributed by atoms with van der Waals surface area (Å²) in [6, 6.07) is 2.20. The molecule has 78 valence electrons. The van der Waals surface area contributed by atoms with Crippen LogP contribution in [0.2, 0.25) is 0 Å². The zero-order valence-electron chi connectivity index (χ0n) is 10.0. The maximum absolute atomic E-state index is 8.69. The summed E-state index contributed by atoms with van der Waals surface area (Å²) in [5.74, 6) is 0. The minimum atomic E-state index is -0.392. The Morgan fingerprint density at radius 2 is 1.71 bits per heavy atom. The molecule has 0 aromatic heterocycles. The van der Waals surface area contributed by atoms with Gasteiger partial charge in [-0.3, -0.25) is 0 Å². The summed E-state index contributed by atoms with van der Waals surface area (Å²) >= 11 is 0. The van der Waals surface area contributed by atoms with Crippen molar-refractivity contribution in [3.63, 3.8) is 0 Å². The molecule has 0 aliphatic rings. The Bertz CT molecular complexity index is 257. The molecule has 0 aromatic rings. The predicted molar refractivity (Wildman–Crippen MR) is 63.8 cm³/mol. The van der Waals surface area contributed by atoms with Crippen LogP contribution in [0.1, 0.15) is 34.6 Å². The zero-order valence-corrected chi connectivity index (χ0v) is 10.0. The molecule has 0 spiro atoms. The van der Waals surface area contributed by atoms with E-state index in [0.29, 0.717) is 0 Å². The number of allylic oxidation sites excluding steroid dienone is 4. The fraction of sp³-hybridized carbons (Fsp3) is 0.462. The standard InChI is InChI=1S/C9H13N.C4H8/c1-5-8(6-2)9(3,4)7-10;1-4(2)3/h5-6H,1H2,2-4H3;1H2,2-3H3/b8-6+;. The Hall–Kier alpha value is -1.29. The van der Waals surface area contributed by atoms with Crippen LogP contribution >= 0.6 is 0 Å². The van der Waals surface area contributed by atoms with E-state index in [-0.39, 0.29) is 0 Å². The van der Waals surface area contributed by atoms with E-state index in [9.17, 15) is 0 Å². The normalized spacial score (nSPS) is 10.7. The van der Waals surface area contributed by atoms with Gasteiger partial charge in [0.25, 0.3) is 0 Å². The predicted octanol–water partition coefficient (Wildman–Crippen LogP) is 4.25. The topological polar surface area (TPSA) is 23.8 Å². The van der Waals surface area contributed by atoms with Crippen LogP contribution in [-0.4, -0.2) is 0 Å². The molecule has 0 N–H and O–H groups in total. The third kappa shape index (κ3) is 7.36. The van der Waals surface area contributed by atoms with Gasteiger partial charge >= 0.3 is 0 Å². The fourth-order valence-electron chi connectivity index (χ4n) is 0.798. The molecule has 0 saturated carbocycles. The summed E-state index contributed by atoms with van der Waals surface area (Å²) in [4.78, 5) is 0. The molecule has 0 radical (unpaired) electrons. The van der Waals surface area contributed by atoms with E-state index >= 15 is 0 Å². The second-order valence-electron chi connectivity index (χ2n) is 3.89. The van der Waals surface area contributed by atoms with Gasteiger partial charge in [-0.2, -0.15) is 5.26 Å². The van der Waals surface area contributed by atoms with Crippen molar-refractivity contribution in [3.05, 3.63) is 36.5 Å². The van der Waals surface area contributed by atoms with Crippen LogP contribution in [0.3, 0.4) is 0 Å². The highest BCUT2D eigenvalue weighted by atomic mass is 14.3. The van der Waals surface area contributed by atoms with Gasteiger partial charge in [0.15, 0.2) is 0 Å². The molecule has 0 aromatic carbocycles. The molecular formula is C13H21N. The van der Waals surface area contributed by atoms with Crippen LogP contribution in [0.5, 0.6) is 0 Å². The first-order chi connectivity index (χ1) is 6.31. The van der Waals surface area contributed by atoms with Crippen molar-refractivity contribution in [3.8, 4) is 6.07 Å². The highest BCUT2D eigenvalue weighted by Gasteiger charge is 2.18. The van der Waals surface area contributed by atoms with Crippen LogP contribution in [0.25, 0.3) is 0 Å². The maximum Gasteiger partial charge on any atom is 0.0762 e. The van der Waals surface area contributed by atoms with Crippen LogP contribution < -0.4 is 0 Å². The molecule has 1 nitrogen and oxygen atoms in total. The van der Waals surface area contributed by atoms with Crippen molar-refractivity contribution in [1.82, 2.24) is 0 Å². The lowest BCUT2D eigenvalue weighted by Gasteiger charge is -2.15. The van der Waals surface area contributed by atoms with Gasteiger partial charge < -0.3 is 0 Å². The summed E-state index contributed by atoms with van der Waals surface area (Å²) in [6.45, 7) is 16.8. The summed E-state index contributed by atoms with van der Waals surface area (Å²) in [7, 11) is 0. The number of rotatable bonds is 2. The molecule has 0 unspecified atom stereocenters. The summed E-state index contributed by atoms with van der Waals surface area (Å²) in [5.41, 5.74) is 1.76. The first-order valence-corrected chi connectivity index (χ1v) is 4.64. The fourth-order valence-corrected chi connectivity index (χ4v) is 0.798. The highest BCUT2D eigenvalue weighted by Crippen LogP contribution is 2.25. The maximum atomic E-state index is 8.69. The SMILES string of the molecule is C=C(C)C.C=C/C(=C\C)C(C)(C)C#N. The third-order valence-electron chi connectivity index (χ3n) is 1.53. The third-order valence-corrected chi connectivity index (χ3v) is 1.53.